The maximum absolute atomic E-state index is 14.0. The van der Waals surface area contributed by atoms with E-state index in [4.69, 9.17) is 4.74 Å². The quantitative estimate of drug-likeness (QED) is 0.866. The predicted octanol–water partition coefficient (Wildman–Crippen LogP) is 2.24. The molecule has 1 saturated carbocycles. The molecular weight excluding hydrogens is 304 g/mol. The highest BCUT2D eigenvalue weighted by atomic mass is 19.1. The summed E-state index contributed by atoms with van der Waals surface area (Å²) < 4.78 is 32.3. The van der Waals surface area contributed by atoms with E-state index in [-0.39, 0.29) is 30.0 Å². The number of carbonyl (C=O) groups is 1. The molecular formula is C17H21F2NO3. The van der Waals surface area contributed by atoms with Crippen LogP contribution in [-0.4, -0.2) is 41.3 Å². The molecule has 2 fully saturated rings. The fourth-order valence-corrected chi connectivity index (χ4v) is 3.98. The van der Waals surface area contributed by atoms with Gasteiger partial charge in [0.1, 0.15) is 17.7 Å². The Balaban J connectivity index is 1.88. The van der Waals surface area contributed by atoms with Crippen LogP contribution < -0.4 is 0 Å². The topological polar surface area (TPSA) is 49.8 Å². The van der Waals surface area contributed by atoms with Gasteiger partial charge in [-0.15, -0.1) is 0 Å². The van der Waals surface area contributed by atoms with Gasteiger partial charge < -0.3 is 9.84 Å². The zero-order valence-electron chi connectivity index (χ0n) is 13.0. The number of nitrogens with zero attached hydrogens (tertiary/aromatic N) is 1. The van der Waals surface area contributed by atoms with Crippen molar-refractivity contribution >= 4 is 5.97 Å². The lowest BCUT2D eigenvalue weighted by atomic mass is 9.83. The Morgan fingerprint density at radius 1 is 1.35 bits per heavy atom. The Morgan fingerprint density at radius 2 is 2.13 bits per heavy atom. The third-order valence-electron chi connectivity index (χ3n) is 5.11. The lowest BCUT2D eigenvalue weighted by molar-refractivity contribution is -0.146. The summed E-state index contributed by atoms with van der Waals surface area (Å²) in [5, 5.41) is 9.94. The molecule has 1 saturated heterocycles. The normalized spacial score (nSPS) is 31.0. The van der Waals surface area contributed by atoms with Crippen molar-refractivity contribution in [3.63, 3.8) is 0 Å². The van der Waals surface area contributed by atoms with Gasteiger partial charge in [0.25, 0.3) is 0 Å². The number of esters is 1. The maximum atomic E-state index is 14.0. The summed E-state index contributed by atoms with van der Waals surface area (Å²) in [5.41, 5.74) is 0.222. The molecule has 1 heterocycles. The number of likely N-dealkylation sites (tertiary alicyclic amines) is 1. The molecule has 1 N–H and O–H groups in total. The lowest BCUT2D eigenvalue weighted by Gasteiger charge is -2.35. The molecule has 4 atom stereocenters. The SMILES string of the molecule is COC(=O)[C@@H]1C[C@H]2CC[C@@H](O)C[C@H]2N1Cc1cc(F)ccc1F. The largest absolute Gasteiger partial charge is 0.468 e. The number of aliphatic hydroxyl groups excluding tert-OH is 1. The van der Waals surface area contributed by atoms with Gasteiger partial charge in [0, 0.05) is 18.2 Å². The predicted molar refractivity (Wildman–Crippen MR) is 79.5 cm³/mol. The van der Waals surface area contributed by atoms with Crippen LogP contribution in [0, 0.1) is 17.6 Å². The van der Waals surface area contributed by atoms with Gasteiger partial charge in [0.2, 0.25) is 0 Å². The summed E-state index contributed by atoms with van der Waals surface area (Å²) in [4.78, 5) is 14.0. The van der Waals surface area contributed by atoms with Gasteiger partial charge in [0.15, 0.2) is 0 Å². The number of rotatable bonds is 3. The third kappa shape index (κ3) is 3.23. The van der Waals surface area contributed by atoms with Crippen molar-refractivity contribution in [3.05, 3.63) is 35.4 Å². The van der Waals surface area contributed by atoms with Gasteiger partial charge in [-0.05, 0) is 49.8 Å². The van der Waals surface area contributed by atoms with Crippen LogP contribution in [0.15, 0.2) is 18.2 Å². The van der Waals surface area contributed by atoms with Gasteiger partial charge in [-0.3, -0.25) is 9.69 Å². The van der Waals surface area contributed by atoms with E-state index >= 15 is 0 Å². The van der Waals surface area contributed by atoms with E-state index in [0.717, 1.165) is 31.0 Å². The average molecular weight is 325 g/mol. The van der Waals surface area contributed by atoms with Crippen molar-refractivity contribution in [1.82, 2.24) is 4.90 Å². The second kappa shape index (κ2) is 6.53. The third-order valence-corrected chi connectivity index (χ3v) is 5.11. The molecule has 23 heavy (non-hydrogen) atoms. The van der Waals surface area contributed by atoms with Gasteiger partial charge in [0.05, 0.1) is 13.2 Å². The zero-order chi connectivity index (χ0) is 16.6. The molecule has 1 aromatic rings. The van der Waals surface area contributed by atoms with E-state index in [1.807, 2.05) is 4.90 Å². The molecule has 0 unspecified atom stereocenters. The molecule has 3 rings (SSSR count). The number of hydrogen-bond acceptors (Lipinski definition) is 4. The van der Waals surface area contributed by atoms with E-state index in [9.17, 15) is 18.7 Å². The highest BCUT2D eigenvalue weighted by Crippen LogP contribution is 2.41. The standard InChI is InChI=1S/C17H21F2NO3/c1-23-17(22)16-7-10-2-4-13(21)8-15(10)20(16)9-11-6-12(18)3-5-14(11)19/h3,5-6,10,13,15-16,21H,2,4,7-9H2,1H3/t10-,13-,15-,16+/m1/s1. The summed E-state index contributed by atoms with van der Waals surface area (Å²) in [6.45, 7) is 0.136. The molecule has 126 valence electrons. The zero-order valence-corrected chi connectivity index (χ0v) is 13.0. The minimum Gasteiger partial charge on any atom is -0.468 e. The van der Waals surface area contributed by atoms with Crippen molar-refractivity contribution in [2.75, 3.05) is 7.11 Å². The molecule has 1 aliphatic carbocycles. The average Bonchev–Trinajstić information content (AvgIpc) is 2.88. The van der Waals surface area contributed by atoms with Gasteiger partial charge in [-0.2, -0.15) is 0 Å². The monoisotopic (exact) mass is 325 g/mol. The van der Waals surface area contributed by atoms with E-state index in [2.05, 4.69) is 0 Å². The van der Waals surface area contributed by atoms with E-state index in [1.54, 1.807) is 0 Å². The summed E-state index contributed by atoms with van der Waals surface area (Å²) in [5.74, 6) is -1.07. The summed E-state index contributed by atoms with van der Waals surface area (Å²) >= 11 is 0. The Morgan fingerprint density at radius 3 is 2.87 bits per heavy atom. The Kier molecular flexibility index (Phi) is 4.64. The molecule has 0 radical (unpaired) electrons. The van der Waals surface area contributed by atoms with Crippen molar-refractivity contribution in [3.8, 4) is 0 Å². The smallest absolute Gasteiger partial charge is 0.323 e. The summed E-state index contributed by atoms with van der Waals surface area (Å²) in [6, 6.07) is 2.86. The lowest BCUT2D eigenvalue weighted by Crippen LogP contribution is -2.44. The molecule has 0 bridgehead atoms. The first-order chi connectivity index (χ1) is 11.0. The van der Waals surface area contributed by atoms with Crippen molar-refractivity contribution < 1.29 is 23.4 Å². The van der Waals surface area contributed by atoms with Crippen LogP contribution in [0.3, 0.4) is 0 Å². The van der Waals surface area contributed by atoms with Crippen molar-refractivity contribution in [2.45, 2.75) is 50.4 Å². The molecule has 2 aliphatic rings. The number of ether oxygens (including phenoxy) is 1. The van der Waals surface area contributed by atoms with Crippen molar-refractivity contribution in [1.29, 1.82) is 0 Å². The fourth-order valence-electron chi connectivity index (χ4n) is 3.98. The molecule has 4 nitrogen and oxygen atoms in total. The number of methoxy groups -OCH3 is 1. The first-order valence-corrected chi connectivity index (χ1v) is 7.95. The molecule has 0 aromatic heterocycles. The Hall–Kier alpha value is -1.53. The minimum atomic E-state index is -0.504. The number of carbonyl (C=O) groups excluding carboxylic acids is 1. The van der Waals surface area contributed by atoms with E-state index < -0.39 is 23.8 Å². The molecule has 1 aliphatic heterocycles. The van der Waals surface area contributed by atoms with Crippen LogP contribution in [0.5, 0.6) is 0 Å². The highest BCUT2D eigenvalue weighted by Gasteiger charge is 2.47. The van der Waals surface area contributed by atoms with Gasteiger partial charge in [-0.25, -0.2) is 8.78 Å². The van der Waals surface area contributed by atoms with Crippen LogP contribution in [0.2, 0.25) is 0 Å². The first kappa shape index (κ1) is 16.3. The molecule has 6 heteroatoms. The second-order valence-electron chi connectivity index (χ2n) is 6.48. The molecule has 1 aromatic carbocycles. The van der Waals surface area contributed by atoms with Gasteiger partial charge in [-0.1, -0.05) is 0 Å². The Bertz CT molecular complexity index is 595. The van der Waals surface area contributed by atoms with Crippen LogP contribution >= 0.6 is 0 Å². The van der Waals surface area contributed by atoms with Crippen LogP contribution in [0.25, 0.3) is 0 Å². The minimum absolute atomic E-state index is 0.00878. The number of hydrogen-bond donors (Lipinski definition) is 1. The van der Waals surface area contributed by atoms with Gasteiger partial charge >= 0.3 is 5.97 Å². The van der Waals surface area contributed by atoms with Crippen LogP contribution in [0.1, 0.15) is 31.2 Å². The summed E-state index contributed by atoms with van der Waals surface area (Å²) in [7, 11) is 1.33. The Labute approximate surface area is 134 Å². The van der Waals surface area contributed by atoms with Crippen LogP contribution in [-0.2, 0) is 16.1 Å². The number of halogens is 2. The number of benzene rings is 1. The number of fused-ring (bicyclic) bond motifs is 1. The fraction of sp³-hybridized carbons (Fsp3) is 0.588. The van der Waals surface area contributed by atoms with E-state index in [0.29, 0.717) is 12.8 Å². The molecule has 0 spiro atoms. The van der Waals surface area contributed by atoms with Crippen molar-refractivity contribution in [2.24, 2.45) is 5.92 Å². The highest BCUT2D eigenvalue weighted by molar-refractivity contribution is 5.76. The maximum Gasteiger partial charge on any atom is 0.323 e. The molecule has 0 amide bonds. The second-order valence-corrected chi connectivity index (χ2v) is 6.48. The van der Waals surface area contributed by atoms with E-state index in [1.165, 1.54) is 7.11 Å². The first-order valence-electron chi connectivity index (χ1n) is 7.95. The number of aliphatic hydroxyl groups is 1. The van der Waals surface area contributed by atoms with Crippen LogP contribution in [0.4, 0.5) is 8.78 Å². The summed E-state index contributed by atoms with van der Waals surface area (Å²) in [6.07, 6.45) is 2.34.